The van der Waals surface area contributed by atoms with E-state index >= 15 is 0 Å². The van der Waals surface area contributed by atoms with Gasteiger partial charge in [0.25, 0.3) is 5.91 Å². The molecule has 0 aliphatic carbocycles. The number of benzene rings is 2. The SMILES string of the molecule is CCCCN(CC(=O)Nc1cc(C(C)(C)C)nn1-c1ccccc1)C(=O)c1cccc(Cl)c1. The van der Waals surface area contributed by atoms with Gasteiger partial charge < -0.3 is 10.2 Å². The number of nitrogens with zero attached hydrogens (tertiary/aromatic N) is 3. The molecule has 0 bridgehead atoms. The molecule has 0 saturated carbocycles. The summed E-state index contributed by atoms with van der Waals surface area (Å²) < 4.78 is 1.73. The largest absolute Gasteiger partial charge is 0.329 e. The molecule has 0 aliphatic heterocycles. The molecule has 7 heteroatoms. The Morgan fingerprint density at radius 1 is 1.06 bits per heavy atom. The summed E-state index contributed by atoms with van der Waals surface area (Å²) in [6, 6.07) is 18.3. The van der Waals surface area contributed by atoms with Gasteiger partial charge in [0.2, 0.25) is 5.91 Å². The van der Waals surface area contributed by atoms with Crippen molar-refractivity contribution in [2.75, 3.05) is 18.4 Å². The monoisotopic (exact) mass is 466 g/mol. The predicted molar refractivity (Wildman–Crippen MR) is 133 cm³/mol. The number of aromatic nitrogens is 2. The first kappa shape index (κ1) is 24.5. The van der Waals surface area contributed by atoms with E-state index in [1.54, 1.807) is 33.8 Å². The fourth-order valence-corrected chi connectivity index (χ4v) is 3.55. The van der Waals surface area contributed by atoms with Crippen molar-refractivity contribution in [3.8, 4) is 5.69 Å². The van der Waals surface area contributed by atoms with Crippen LogP contribution in [0.3, 0.4) is 0 Å². The molecular weight excluding hydrogens is 436 g/mol. The first-order valence-electron chi connectivity index (χ1n) is 11.2. The molecule has 1 aromatic heterocycles. The van der Waals surface area contributed by atoms with Crippen molar-refractivity contribution in [1.29, 1.82) is 0 Å². The Kier molecular flexibility index (Phi) is 7.92. The molecule has 2 aromatic carbocycles. The minimum absolute atomic E-state index is 0.0594. The van der Waals surface area contributed by atoms with Crippen LogP contribution < -0.4 is 5.32 Å². The van der Waals surface area contributed by atoms with Crippen LogP contribution in [0.15, 0.2) is 60.7 Å². The molecule has 0 atom stereocenters. The number of hydrogen-bond donors (Lipinski definition) is 1. The quantitative estimate of drug-likeness (QED) is 0.462. The highest BCUT2D eigenvalue weighted by Gasteiger charge is 2.23. The Balaban J connectivity index is 1.84. The van der Waals surface area contributed by atoms with Crippen molar-refractivity contribution in [1.82, 2.24) is 14.7 Å². The molecule has 0 fully saturated rings. The standard InChI is InChI=1S/C26H31ClN4O2/c1-5-6-15-30(25(33)19-11-10-12-20(27)16-19)18-24(32)28-23-17-22(26(2,3)4)29-31(23)21-13-8-7-9-14-21/h7-14,16-17H,5-6,15,18H2,1-4H3,(H,28,32). The lowest BCUT2D eigenvalue weighted by Crippen LogP contribution is -2.39. The Bertz CT molecular complexity index is 1100. The molecule has 0 unspecified atom stereocenters. The van der Waals surface area contributed by atoms with Crippen LogP contribution in [0.25, 0.3) is 5.69 Å². The first-order chi connectivity index (χ1) is 15.7. The fourth-order valence-electron chi connectivity index (χ4n) is 3.36. The number of carbonyl (C=O) groups excluding carboxylic acids is 2. The lowest BCUT2D eigenvalue weighted by molar-refractivity contribution is -0.116. The summed E-state index contributed by atoms with van der Waals surface area (Å²) in [6.07, 6.45) is 1.71. The van der Waals surface area contributed by atoms with Crippen LogP contribution in [-0.2, 0) is 10.2 Å². The Morgan fingerprint density at radius 3 is 2.42 bits per heavy atom. The zero-order valence-electron chi connectivity index (χ0n) is 19.6. The Morgan fingerprint density at radius 2 is 1.79 bits per heavy atom. The van der Waals surface area contributed by atoms with E-state index < -0.39 is 0 Å². The van der Waals surface area contributed by atoms with Gasteiger partial charge in [0.15, 0.2) is 0 Å². The average Bonchev–Trinajstić information content (AvgIpc) is 3.21. The predicted octanol–water partition coefficient (Wildman–Crippen LogP) is 5.70. The highest BCUT2D eigenvalue weighted by atomic mass is 35.5. The normalized spacial score (nSPS) is 11.3. The fraction of sp³-hybridized carbons (Fsp3) is 0.346. The number of unbranched alkanes of at least 4 members (excludes halogenated alkanes) is 1. The molecule has 0 radical (unpaired) electrons. The number of carbonyl (C=O) groups is 2. The van der Waals surface area contributed by atoms with Gasteiger partial charge in [0.05, 0.1) is 11.4 Å². The van der Waals surface area contributed by atoms with E-state index in [0.29, 0.717) is 22.9 Å². The van der Waals surface area contributed by atoms with E-state index in [9.17, 15) is 9.59 Å². The van der Waals surface area contributed by atoms with Crippen molar-refractivity contribution in [3.05, 3.63) is 76.9 Å². The van der Waals surface area contributed by atoms with Crippen LogP contribution in [0.4, 0.5) is 5.82 Å². The maximum atomic E-state index is 13.1. The lowest BCUT2D eigenvalue weighted by atomic mass is 9.92. The molecule has 0 saturated heterocycles. The average molecular weight is 467 g/mol. The summed E-state index contributed by atoms with van der Waals surface area (Å²) in [5.74, 6) is 0.0776. The lowest BCUT2D eigenvalue weighted by Gasteiger charge is -2.22. The van der Waals surface area contributed by atoms with Gasteiger partial charge in [-0.15, -0.1) is 0 Å². The minimum atomic E-state index is -0.279. The van der Waals surface area contributed by atoms with Crippen LogP contribution >= 0.6 is 11.6 Å². The number of nitrogens with one attached hydrogen (secondary N) is 1. The summed E-state index contributed by atoms with van der Waals surface area (Å²) in [5, 5.41) is 8.19. The van der Waals surface area contributed by atoms with Gasteiger partial charge in [-0.1, -0.05) is 70.0 Å². The Hall–Kier alpha value is -3.12. The smallest absolute Gasteiger partial charge is 0.254 e. The molecule has 6 nitrogen and oxygen atoms in total. The third kappa shape index (κ3) is 6.45. The summed E-state index contributed by atoms with van der Waals surface area (Å²) in [7, 11) is 0. The summed E-state index contributed by atoms with van der Waals surface area (Å²) in [4.78, 5) is 27.7. The second kappa shape index (κ2) is 10.7. The van der Waals surface area contributed by atoms with Crippen molar-refractivity contribution >= 4 is 29.2 Å². The van der Waals surface area contributed by atoms with Crippen LogP contribution in [0.2, 0.25) is 5.02 Å². The molecule has 3 rings (SSSR count). The van der Waals surface area contributed by atoms with Gasteiger partial charge in [0, 0.05) is 28.6 Å². The maximum Gasteiger partial charge on any atom is 0.254 e. The summed E-state index contributed by atoms with van der Waals surface area (Å²) >= 11 is 6.07. The summed E-state index contributed by atoms with van der Waals surface area (Å²) in [5.41, 5.74) is 1.99. The zero-order chi connectivity index (χ0) is 24.0. The molecule has 1 N–H and O–H groups in total. The highest BCUT2D eigenvalue weighted by Crippen LogP contribution is 2.26. The first-order valence-corrected chi connectivity index (χ1v) is 11.6. The van der Waals surface area contributed by atoms with E-state index in [1.165, 1.54) is 0 Å². The van der Waals surface area contributed by atoms with Crippen molar-refractivity contribution in [3.63, 3.8) is 0 Å². The van der Waals surface area contributed by atoms with E-state index in [1.807, 2.05) is 36.4 Å². The molecule has 0 spiro atoms. The molecular formula is C26H31ClN4O2. The van der Waals surface area contributed by atoms with E-state index in [0.717, 1.165) is 24.2 Å². The molecule has 3 aromatic rings. The van der Waals surface area contributed by atoms with Gasteiger partial charge >= 0.3 is 0 Å². The Labute approximate surface area is 200 Å². The van der Waals surface area contributed by atoms with Crippen molar-refractivity contribution in [2.24, 2.45) is 0 Å². The number of rotatable bonds is 8. The van der Waals surface area contributed by atoms with Crippen LogP contribution in [0.5, 0.6) is 0 Å². The number of para-hydroxylation sites is 1. The third-order valence-corrected chi connectivity index (χ3v) is 5.46. The van der Waals surface area contributed by atoms with E-state index in [2.05, 4.69) is 33.0 Å². The zero-order valence-corrected chi connectivity index (χ0v) is 20.4. The van der Waals surface area contributed by atoms with E-state index in [-0.39, 0.29) is 23.8 Å². The topological polar surface area (TPSA) is 67.2 Å². The molecule has 1 heterocycles. The maximum absolute atomic E-state index is 13.1. The molecule has 33 heavy (non-hydrogen) atoms. The van der Waals surface area contributed by atoms with Crippen LogP contribution in [0, 0.1) is 0 Å². The van der Waals surface area contributed by atoms with Crippen LogP contribution in [-0.4, -0.2) is 39.6 Å². The molecule has 174 valence electrons. The van der Waals surface area contributed by atoms with Gasteiger partial charge in [-0.3, -0.25) is 9.59 Å². The van der Waals surface area contributed by atoms with Crippen molar-refractivity contribution < 1.29 is 9.59 Å². The number of hydrogen-bond acceptors (Lipinski definition) is 3. The number of anilines is 1. The van der Waals surface area contributed by atoms with Gasteiger partial charge in [-0.25, -0.2) is 4.68 Å². The van der Waals surface area contributed by atoms with Gasteiger partial charge in [-0.2, -0.15) is 5.10 Å². The third-order valence-electron chi connectivity index (χ3n) is 5.22. The van der Waals surface area contributed by atoms with E-state index in [4.69, 9.17) is 16.7 Å². The van der Waals surface area contributed by atoms with Gasteiger partial charge in [-0.05, 0) is 36.8 Å². The second-order valence-corrected chi connectivity index (χ2v) is 9.49. The number of amides is 2. The molecule has 0 aliphatic rings. The second-order valence-electron chi connectivity index (χ2n) is 9.05. The summed E-state index contributed by atoms with van der Waals surface area (Å²) in [6.45, 7) is 8.70. The number of halogens is 1. The van der Waals surface area contributed by atoms with Crippen molar-refractivity contribution in [2.45, 2.75) is 46.0 Å². The highest BCUT2D eigenvalue weighted by molar-refractivity contribution is 6.31. The minimum Gasteiger partial charge on any atom is -0.329 e. The van der Waals surface area contributed by atoms with Gasteiger partial charge in [0.1, 0.15) is 12.4 Å². The molecule has 2 amide bonds. The van der Waals surface area contributed by atoms with Crippen LogP contribution in [0.1, 0.15) is 56.6 Å².